The Morgan fingerprint density at radius 2 is 1.92 bits per heavy atom. The molecule has 0 saturated heterocycles. The second-order valence-corrected chi connectivity index (χ2v) is 3.47. The molecule has 0 aromatic carbocycles. The molecule has 2 atom stereocenters. The largest absolute Gasteiger partial charge is 0.388 e. The molecule has 0 radical (unpaired) electrons. The highest BCUT2D eigenvalue weighted by Crippen LogP contribution is 2.22. The summed E-state index contributed by atoms with van der Waals surface area (Å²) in [5, 5.41) is 19.0. The van der Waals surface area contributed by atoms with E-state index in [1.807, 2.05) is 13.0 Å². The van der Waals surface area contributed by atoms with Crippen LogP contribution < -0.4 is 0 Å². The molecule has 0 aromatic heterocycles. The zero-order valence-electron chi connectivity index (χ0n) is 7.86. The molecule has 1 aliphatic carbocycles. The molecule has 0 amide bonds. The van der Waals surface area contributed by atoms with Gasteiger partial charge < -0.3 is 10.2 Å². The zero-order valence-corrected chi connectivity index (χ0v) is 7.86. The summed E-state index contributed by atoms with van der Waals surface area (Å²) in [5.74, 6) is -0.0614. The molecule has 1 rings (SSSR count). The number of Topliss-reactive ketones (excluding diaryl/α,β-unsaturated/α-hetero) is 1. The average Bonchev–Trinajstić information content (AvgIpc) is 2.02. The molecule has 0 unspecified atom stereocenters. The van der Waals surface area contributed by atoms with Crippen LogP contribution in [-0.2, 0) is 4.79 Å². The highest BCUT2D eigenvalue weighted by molar-refractivity contribution is 5.81. The van der Waals surface area contributed by atoms with Crippen LogP contribution in [0.4, 0.5) is 0 Å². The van der Waals surface area contributed by atoms with Crippen molar-refractivity contribution < 1.29 is 15.0 Å². The lowest BCUT2D eigenvalue weighted by atomic mass is 9.88. The standard InChI is InChI=1S/C10H16O3/c1-2-3-4-8-9(12)5-7(11)6-10(8)13/h4,9-10,12-13H,2-3,5-6H2,1H3/t9-,10-/m1/s1. The van der Waals surface area contributed by atoms with Gasteiger partial charge in [0.05, 0.1) is 12.2 Å². The minimum Gasteiger partial charge on any atom is -0.388 e. The van der Waals surface area contributed by atoms with Gasteiger partial charge in [-0.25, -0.2) is 0 Å². The van der Waals surface area contributed by atoms with Crippen LogP contribution in [0, 0.1) is 0 Å². The van der Waals surface area contributed by atoms with E-state index in [0.29, 0.717) is 5.57 Å². The first kappa shape index (κ1) is 10.4. The molecule has 74 valence electrons. The number of aliphatic hydroxyl groups excluding tert-OH is 2. The Morgan fingerprint density at radius 1 is 1.38 bits per heavy atom. The summed E-state index contributed by atoms with van der Waals surface area (Å²) < 4.78 is 0. The number of allylic oxidation sites excluding steroid dienone is 1. The molecular formula is C10H16O3. The number of ketones is 1. The van der Waals surface area contributed by atoms with Gasteiger partial charge in [-0.2, -0.15) is 0 Å². The van der Waals surface area contributed by atoms with E-state index >= 15 is 0 Å². The second-order valence-electron chi connectivity index (χ2n) is 3.47. The molecule has 2 N–H and O–H groups in total. The van der Waals surface area contributed by atoms with E-state index in [0.717, 1.165) is 12.8 Å². The Hall–Kier alpha value is -0.670. The van der Waals surface area contributed by atoms with Gasteiger partial charge in [0.25, 0.3) is 0 Å². The molecule has 3 nitrogen and oxygen atoms in total. The second kappa shape index (κ2) is 4.53. The number of carbonyl (C=O) groups excluding carboxylic acids is 1. The Morgan fingerprint density at radius 3 is 2.38 bits per heavy atom. The van der Waals surface area contributed by atoms with Gasteiger partial charge in [0, 0.05) is 12.8 Å². The minimum atomic E-state index is -0.761. The third kappa shape index (κ3) is 2.64. The lowest BCUT2D eigenvalue weighted by Gasteiger charge is -2.25. The SMILES string of the molecule is CCCC=C1[C@H](O)CC(=O)C[C@H]1O. The van der Waals surface area contributed by atoms with Gasteiger partial charge in [0.15, 0.2) is 0 Å². The van der Waals surface area contributed by atoms with Crippen molar-refractivity contribution in [1.29, 1.82) is 0 Å². The molecule has 1 saturated carbocycles. The summed E-state index contributed by atoms with van der Waals surface area (Å²) in [5.41, 5.74) is 0.626. The highest BCUT2D eigenvalue weighted by Gasteiger charge is 2.28. The van der Waals surface area contributed by atoms with E-state index in [2.05, 4.69) is 0 Å². The van der Waals surface area contributed by atoms with Crippen molar-refractivity contribution in [3.63, 3.8) is 0 Å². The molecule has 3 heteroatoms. The molecule has 1 fully saturated rings. The van der Waals surface area contributed by atoms with E-state index in [1.54, 1.807) is 0 Å². The first-order chi connectivity index (χ1) is 6.15. The van der Waals surface area contributed by atoms with Crippen molar-refractivity contribution in [2.45, 2.75) is 44.8 Å². The number of hydrogen-bond acceptors (Lipinski definition) is 3. The van der Waals surface area contributed by atoms with Crippen LogP contribution >= 0.6 is 0 Å². The van der Waals surface area contributed by atoms with Gasteiger partial charge in [-0.1, -0.05) is 19.4 Å². The molecular weight excluding hydrogens is 168 g/mol. The smallest absolute Gasteiger partial charge is 0.138 e. The van der Waals surface area contributed by atoms with E-state index in [4.69, 9.17) is 0 Å². The summed E-state index contributed by atoms with van der Waals surface area (Å²) in [6, 6.07) is 0. The molecule has 0 bridgehead atoms. The molecule has 0 spiro atoms. The quantitative estimate of drug-likeness (QED) is 0.624. The van der Waals surface area contributed by atoms with Crippen LogP contribution in [0.1, 0.15) is 32.6 Å². The summed E-state index contributed by atoms with van der Waals surface area (Å²) in [6.07, 6.45) is 2.47. The maximum Gasteiger partial charge on any atom is 0.138 e. The Labute approximate surface area is 78.1 Å². The Bertz CT molecular complexity index is 204. The van der Waals surface area contributed by atoms with Gasteiger partial charge >= 0.3 is 0 Å². The number of carbonyl (C=O) groups is 1. The zero-order chi connectivity index (χ0) is 9.84. The van der Waals surface area contributed by atoms with Crippen molar-refractivity contribution in [3.05, 3.63) is 11.6 Å². The predicted octanol–water partition coefficient (Wildman–Crippen LogP) is 0.798. The van der Waals surface area contributed by atoms with E-state index in [9.17, 15) is 15.0 Å². The first-order valence-electron chi connectivity index (χ1n) is 4.73. The predicted molar refractivity (Wildman–Crippen MR) is 49.2 cm³/mol. The lowest BCUT2D eigenvalue weighted by Crippen LogP contribution is -2.32. The Kier molecular flexibility index (Phi) is 3.63. The fraction of sp³-hybridized carbons (Fsp3) is 0.700. The lowest BCUT2D eigenvalue weighted by molar-refractivity contribution is -0.124. The summed E-state index contributed by atoms with van der Waals surface area (Å²) in [4.78, 5) is 11.0. The number of rotatable bonds is 2. The molecule has 0 heterocycles. The van der Waals surface area contributed by atoms with Crippen LogP contribution in [0.15, 0.2) is 11.6 Å². The van der Waals surface area contributed by atoms with Crippen molar-refractivity contribution in [1.82, 2.24) is 0 Å². The molecule has 0 aromatic rings. The van der Waals surface area contributed by atoms with Crippen molar-refractivity contribution in [3.8, 4) is 0 Å². The van der Waals surface area contributed by atoms with E-state index in [-0.39, 0.29) is 18.6 Å². The molecule has 13 heavy (non-hydrogen) atoms. The first-order valence-corrected chi connectivity index (χ1v) is 4.73. The normalized spacial score (nSPS) is 29.2. The Balaban J connectivity index is 2.66. The van der Waals surface area contributed by atoms with E-state index in [1.165, 1.54) is 0 Å². The fourth-order valence-electron chi connectivity index (χ4n) is 1.56. The van der Waals surface area contributed by atoms with Crippen molar-refractivity contribution in [2.75, 3.05) is 0 Å². The maximum atomic E-state index is 11.0. The summed E-state index contributed by atoms with van der Waals surface area (Å²) in [6.45, 7) is 2.03. The average molecular weight is 184 g/mol. The van der Waals surface area contributed by atoms with Gasteiger partial charge in [0.1, 0.15) is 5.78 Å². The van der Waals surface area contributed by atoms with Crippen LogP contribution in [0.2, 0.25) is 0 Å². The van der Waals surface area contributed by atoms with Crippen molar-refractivity contribution in [2.24, 2.45) is 0 Å². The van der Waals surface area contributed by atoms with Crippen molar-refractivity contribution >= 4 is 5.78 Å². The topological polar surface area (TPSA) is 57.5 Å². The van der Waals surface area contributed by atoms with Gasteiger partial charge in [-0.3, -0.25) is 4.79 Å². The minimum absolute atomic E-state index is 0.0614. The van der Waals surface area contributed by atoms with Crippen LogP contribution in [-0.4, -0.2) is 28.2 Å². The number of hydrogen-bond donors (Lipinski definition) is 2. The van der Waals surface area contributed by atoms with Crippen LogP contribution in [0.25, 0.3) is 0 Å². The summed E-state index contributed by atoms with van der Waals surface area (Å²) in [7, 11) is 0. The summed E-state index contributed by atoms with van der Waals surface area (Å²) >= 11 is 0. The third-order valence-electron chi connectivity index (χ3n) is 2.28. The maximum absolute atomic E-state index is 11.0. The monoisotopic (exact) mass is 184 g/mol. The highest BCUT2D eigenvalue weighted by atomic mass is 16.3. The van der Waals surface area contributed by atoms with Gasteiger partial charge in [0.2, 0.25) is 0 Å². The van der Waals surface area contributed by atoms with Crippen LogP contribution in [0.3, 0.4) is 0 Å². The van der Waals surface area contributed by atoms with Gasteiger partial charge in [-0.05, 0) is 12.0 Å². The fourth-order valence-corrected chi connectivity index (χ4v) is 1.56. The third-order valence-corrected chi connectivity index (χ3v) is 2.28. The number of unbranched alkanes of at least 4 members (excludes halogenated alkanes) is 1. The van der Waals surface area contributed by atoms with Gasteiger partial charge in [-0.15, -0.1) is 0 Å². The molecule has 0 aliphatic heterocycles. The molecule has 1 aliphatic rings. The van der Waals surface area contributed by atoms with Crippen LogP contribution in [0.5, 0.6) is 0 Å². The number of aliphatic hydroxyl groups is 2. The van der Waals surface area contributed by atoms with E-state index < -0.39 is 12.2 Å².